The first-order valence-corrected chi connectivity index (χ1v) is 14.4. The molecule has 0 aliphatic carbocycles. The van der Waals surface area contributed by atoms with Gasteiger partial charge in [0, 0.05) is 32.5 Å². The third kappa shape index (κ3) is 8.41. The van der Waals surface area contributed by atoms with Crippen LogP contribution in [0.4, 0.5) is 10.1 Å². The molecule has 9 heteroatoms. The summed E-state index contributed by atoms with van der Waals surface area (Å²) in [5.74, 6) is -0.970. The fourth-order valence-electron chi connectivity index (χ4n) is 4.24. The van der Waals surface area contributed by atoms with E-state index in [4.69, 9.17) is 0 Å². The average molecular weight is 540 g/mol. The molecule has 0 bridgehead atoms. The van der Waals surface area contributed by atoms with Crippen molar-refractivity contribution in [2.75, 3.05) is 23.7 Å². The van der Waals surface area contributed by atoms with E-state index in [1.54, 1.807) is 4.90 Å². The molecule has 0 fully saturated rings. The molecule has 202 valence electrons. The highest BCUT2D eigenvalue weighted by atomic mass is 32.2. The Balaban J connectivity index is 1.83. The highest BCUT2D eigenvalue weighted by Gasteiger charge is 2.30. The van der Waals surface area contributed by atoms with E-state index in [0.29, 0.717) is 18.7 Å². The smallest absolute Gasteiger partial charge is 0.243 e. The van der Waals surface area contributed by atoms with Crippen LogP contribution in [0.2, 0.25) is 0 Å². The molecule has 3 aromatic carbocycles. The first-order valence-electron chi connectivity index (χ1n) is 12.6. The number of nitrogens with one attached hydrogen (secondary N) is 1. The van der Waals surface area contributed by atoms with Gasteiger partial charge >= 0.3 is 0 Å². The van der Waals surface area contributed by atoms with Gasteiger partial charge in [-0.3, -0.25) is 13.9 Å². The van der Waals surface area contributed by atoms with Gasteiger partial charge in [-0.25, -0.2) is 12.8 Å². The molecule has 0 unspecified atom stereocenters. The summed E-state index contributed by atoms with van der Waals surface area (Å²) in [6, 6.07) is 23.4. The molecule has 0 aromatic heterocycles. The number of halogens is 1. The number of carbonyl (C=O) groups excluding carboxylic acids is 2. The second-order valence-electron chi connectivity index (χ2n) is 9.02. The van der Waals surface area contributed by atoms with Gasteiger partial charge in [-0.15, -0.1) is 0 Å². The zero-order chi connectivity index (χ0) is 27.5. The Morgan fingerprint density at radius 3 is 2.03 bits per heavy atom. The summed E-state index contributed by atoms with van der Waals surface area (Å²) >= 11 is 0. The summed E-state index contributed by atoms with van der Waals surface area (Å²) in [6.45, 7) is 2.54. The molecular weight excluding hydrogens is 505 g/mol. The molecule has 0 saturated heterocycles. The normalized spacial score (nSPS) is 12.0. The van der Waals surface area contributed by atoms with Crippen molar-refractivity contribution in [2.24, 2.45) is 0 Å². The van der Waals surface area contributed by atoms with Crippen molar-refractivity contribution in [1.82, 2.24) is 10.2 Å². The van der Waals surface area contributed by atoms with E-state index >= 15 is 0 Å². The molecule has 0 aliphatic heterocycles. The third-order valence-electron chi connectivity index (χ3n) is 6.08. The number of nitrogens with zero attached hydrogens (tertiary/aromatic N) is 2. The van der Waals surface area contributed by atoms with E-state index in [1.807, 2.05) is 67.6 Å². The maximum Gasteiger partial charge on any atom is 0.243 e. The fraction of sp³-hybridized carbons (Fsp3) is 0.310. The predicted octanol–water partition coefficient (Wildman–Crippen LogP) is 4.15. The van der Waals surface area contributed by atoms with Crippen LogP contribution in [-0.4, -0.2) is 50.5 Å². The summed E-state index contributed by atoms with van der Waals surface area (Å²) < 4.78 is 39.4. The molecule has 3 rings (SSSR count). The Bertz CT molecular complexity index is 1290. The second-order valence-corrected chi connectivity index (χ2v) is 10.9. The maximum atomic E-state index is 13.6. The molecule has 1 N–H and O–H groups in total. The Morgan fingerprint density at radius 1 is 0.895 bits per heavy atom. The summed E-state index contributed by atoms with van der Waals surface area (Å²) in [6.07, 6.45) is 1.67. The van der Waals surface area contributed by atoms with E-state index in [9.17, 15) is 22.4 Å². The van der Waals surface area contributed by atoms with Crippen LogP contribution in [0, 0.1) is 5.82 Å². The first-order chi connectivity index (χ1) is 18.2. The van der Waals surface area contributed by atoms with Crippen LogP contribution in [0.15, 0.2) is 84.9 Å². The highest BCUT2D eigenvalue weighted by Crippen LogP contribution is 2.20. The zero-order valence-electron chi connectivity index (χ0n) is 21.7. The Kier molecular flexibility index (Phi) is 10.4. The summed E-state index contributed by atoms with van der Waals surface area (Å²) in [5, 5.41) is 2.86. The van der Waals surface area contributed by atoms with Crippen molar-refractivity contribution >= 4 is 27.5 Å². The number of likely N-dealkylation sites (N-methyl/N-ethyl adjacent to an activating group) is 1. The SMILES string of the molecule is CCNC(=O)[C@H](Cc1ccccc1)N(Cc1ccccc1)C(=O)CCCN(c1ccc(F)cc1)S(C)(=O)=O. The van der Waals surface area contributed by atoms with Crippen LogP contribution in [0.5, 0.6) is 0 Å². The number of benzene rings is 3. The monoisotopic (exact) mass is 539 g/mol. The van der Waals surface area contributed by atoms with Gasteiger partial charge in [-0.05, 0) is 48.7 Å². The van der Waals surface area contributed by atoms with Crippen molar-refractivity contribution in [3.63, 3.8) is 0 Å². The van der Waals surface area contributed by atoms with Crippen LogP contribution in [0.1, 0.15) is 30.9 Å². The predicted molar refractivity (Wildman–Crippen MR) is 147 cm³/mol. The largest absolute Gasteiger partial charge is 0.355 e. The highest BCUT2D eigenvalue weighted by molar-refractivity contribution is 7.92. The summed E-state index contributed by atoms with van der Waals surface area (Å²) in [5.41, 5.74) is 2.13. The van der Waals surface area contributed by atoms with Gasteiger partial charge in [0.05, 0.1) is 11.9 Å². The Morgan fingerprint density at radius 2 is 1.47 bits per heavy atom. The molecule has 1 atom stereocenters. The lowest BCUT2D eigenvalue weighted by atomic mass is 10.0. The second kappa shape index (κ2) is 13.7. The van der Waals surface area contributed by atoms with Gasteiger partial charge in [-0.2, -0.15) is 0 Å². The van der Waals surface area contributed by atoms with Crippen molar-refractivity contribution in [2.45, 2.75) is 38.8 Å². The quantitative estimate of drug-likeness (QED) is 0.354. The minimum atomic E-state index is -3.65. The molecule has 0 radical (unpaired) electrons. The maximum absolute atomic E-state index is 13.6. The van der Waals surface area contributed by atoms with Crippen LogP contribution < -0.4 is 9.62 Å². The fourth-order valence-corrected chi connectivity index (χ4v) is 5.20. The summed E-state index contributed by atoms with van der Waals surface area (Å²) in [4.78, 5) is 28.4. The average Bonchev–Trinajstić information content (AvgIpc) is 2.90. The minimum Gasteiger partial charge on any atom is -0.355 e. The topological polar surface area (TPSA) is 86.8 Å². The lowest BCUT2D eigenvalue weighted by Gasteiger charge is -2.32. The standard InChI is InChI=1S/C29H34FN3O4S/c1-3-31-29(35)27(21-23-11-6-4-7-12-23)32(22-24-13-8-5-9-14-24)28(34)15-10-20-33(38(2,36)37)26-18-16-25(30)17-19-26/h4-9,11-14,16-19,27H,3,10,15,20-22H2,1-2H3,(H,31,35)/t27-/m0/s1. The molecule has 0 heterocycles. The van der Waals surface area contributed by atoms with Crippen LogP contribution in [0.3, 0.4) is 0 Å². The molecule has 0 spiro atoms. The molecular formula is C29H34FN3O4S. The van der Waals surface area contributed by atoms with Gasteiger partial charge in [-0.1, -0.05) is 60.7 Å². The van der Waals surface area contributed by atoms with E-state index in [1.165, 1.54) is 24.3 Å². The van der Waals surface area contributed by atoms with Crippen LogP contribution in [0.25, 0.3) is 0 Å². The van der Waals surface area contributed by atoms with Gasteiger partial charge in [0.1, 0.15) is 11.9 Å². The Labute approximate surface area is 224 Å². The van der Waals surface area contributed by atoms with E-state index in [-0.39, 0.29) is 37.7 Å². The Hall–Kier alpha value is -3.72. The number of amides is 2. The lowest BCUT2D eigenvalue weighted by Crippen LogP contribution is -2.50. The van der Waals surface area contributed by atoms with Crippen molar-refractivity contribution < 1.29 is 22.4 Å². The number of anilines is 1. The number of sulfonamides is 1. The van der Waals surface area contributed by atoms with E-state index < -0.39 is 21.9 Å². The zero-order valence-corrected chi connectivity index (χ0v) is 22.5. The van der Waals surface area contributed by atoms with Gasteiger partial charge in [0.2, 0.25) is 21.8 Å². The number of rotatable bonds is 13. The lowest BCUT2D eigenvalue weighted by molar-refractivity contribution is -0.141. The van der Waals surface area contributed by atoms with Crippen molar-refractivity contribution in [1.29, 1.82) is 0 Å². The minimum absolute atomic E-state index is 0.0325. The van der Waals surface area contributed by atoms with Crippen molar-refractivity contribution in [3.05, 3.63) is 102 Å². The number of carbonyl (C=O) groups is 2. The molecule has 3 aromatic rings. The van der Waals surface area contributed by atoms with Crippen molar-refractivity contribution in [3.8, 4) is 0 Å². The molecule has 38 heavy (non-hydrogen) atoms. The molecule has 7 nitrogen and oxygen atoms in total. The summed E-state index contributed by atoms with van der Waals surface area (Å²) in [7, 11) is -3.65. The van der Waals surface area contributed by atoms with E-state index in [2.05, 4.69) is 5.32 Å². The third-order valence-corrected chi connectivity index (χ3v) is 7.28. The molecule has 2 amide bonds. The van der Waals surface area contributed by atoms with Crippen LogP contribution in [-0.2, 0) is 32.6 Å². The van der Waals surface area contributed by atoms with Gasteiger partial charge in [0.15, 0.2) is 0 Å². The van der Waals surface area contributed by atoms with E-state index in [0.717, 1.165) is 21.7 Å². The number of hydrogen-bond acceptors (Lipinski definition) is 4. The molecule has 0 saturated carbocycles. The molecule has 0 aliphatic rings. The van der Waals surface area contributed by atoms with Gasteiger partial charge in [0.25, 0.3) is 0 Å². The number of hydrogen-bond donors (Lipinski definition) is 1. The van der Waals surface area contributed by atoms with Crippen LogP contribution >= 0.6 is 0 Å². The first kappa shape index (κ1) is 28.8. The van der Waals surface area contributed by atoms with Gasteiger partial charge < -0.3 is 10.2 Å².